The Balaban J connectivity index is 2.03. The van der Waals surface area contributed by atoms with Crippen molar-refractivity contribution in [1.29, 1.82) is 0 Å². The Labute approximate surface area is 144 Å². The lowest BCUT2D eigenvalue weighted by Gasteiger charge is -2.46. The number of rotatable bonds is 4. The third-order valence-corrected chi connectivity index (χ3v) is 4.13. The Bertz CT molecular complexity index is 561. The van der Waals surface area contributed by atoms with E-state index in [1.54, 1.807) is 32.4 Å². The third kappa shape index (κ3) is 5.03. The van der Waals surface area contributed by atoms with Crippen molar-refractivity contribution >= 4 is 11.7 Å². The van der Waals surface area contributed by atoms with Crippen LogP contribution in [0, 0.1) is 0 Å². The summed E-state index contributed by atoms with van der Waals surface area (Å²) in [5.74, 6) is 1.27. The highest BCUT2D eigenvalue weighted by molar-refractivity contribution is 5.90. The van der Waals surface area contributed by atoms with E-state index in [1.807, 2.05) is 0 Å². The number of anilines is 1. The van der Waals surface area contributed by atoms with Gasteiger partial charge in [0, 0.05) is 41.0 Å². The number of benzene rings is 1. The molecule has 6 nitrogen and oxygen atoms in total. The summed E-state index contributed by atoms with van der Waals surface area (Å²) in [4.78, 5) is 12.4. The molecule has 1 saturated heterocycles. The molecule has 0 aliphatic carbocycles. The molecule has 2 amide bonds. The molecule has 1 aromatic rings. The van der Waals surface area contributed by atoms with Crippen molar-refractivity contribution in [1.82, 2.24) is 10.6 Å². The first-order chi connectivity index (χ1) is 11.1. The van der Waals surface area contributed by atoms with Gasteiger partial charge in [-0.15, -0.1) is 0 Å². The van der Waals surface area contributed by atoms with Crippen LogP contribution in [0.15, 0.2) is 18.2 Å². The lowest BCUT2D eigenvalue weighted by Crippen LogP contribution is -2.62. The Morgan fingerprint density at radius 1 is 1.04 bits per heavy atom. The second-order valence-electron chi connectivity index (χ2n) is 7.70. The summed E-state index contributed by atoms with van der Waals surface area (Å²) < 4.78 is 10.4. The van der Waals surface area contributed by atoms with Crippen LogP contribution >= 0.6 is 0 Å². The van der Waals surface area contributed by atoms with Gasteiger partial charge in [-0.25, -0.2) is 4.79 Å². The van der Waals surface area contributed by atoms with Crippen LogP contribution in [-0.4, -0.2) is 37.4 Å². The van der Waals surface area contributed by atoms with Crippen LogP contribution in [0.2, 0.25) is 0 Å². The number of ether oxygens (including phenoxy) is 2. The van der Waals surface area contributed by atoms with E-state index in [2.05, 4.69) is 43.6 Å². The Kier molecular flexibility index (Phi) is 5.28. The van der Waals surface area contributed by atoms with Gasteiger partial charge in [-0.2, -0.15) is 0 Å². The van der Waals surface area contributed by atoms with E-state index >= 15 is 0 Å². The number of methoxy groups -OCH3 is 2. The van der Waals surface area contributed by atoms with E-state index in [0.29, 0.717) is 17.2 Å². The highest BCUT2D eigenvalue weighted by Crippen LogP contribution is 2.29. The summed E-state index contributed by atoms with van der Waals surface area (Å²) in [7, 11) is 3.16. The van der Waals surface area contributed by atoms with Crippen molar-refractivity contribution in [2.75, 3.05) is 19.5 Å². The first-order valence-corrected chi connectivity index (χ1v) is 8.22. The normalized spacial score (nSPS) is 19.4. The molecule has 0 bridgehead atoms. The predicted octanol–water partition coefficient (Wildman–Crippen LogP) is 3.13. The summed E-state index contributed by atoms with van der Waals surface area (Å²) in [6, 6.07) is 5.19. The van der Waals surface area contributed by atoms with Gasteiger partial charge >= 0.3 is 6.03 Å². The fourth-order valence-corrected chi connectivity index (χ4v) is 3.66. The molecule has 0 unspecified atom stereocenters. The predicted molar refractivity (Wildman–Crippen MR) is 96.0 cm³/mol. The zero-order valence-electron chi connectivity index (χ0n) is 15.4. The minimum Gasteiger partial charge on any atom is -0.497 e. The van der Waals surface area contributed by atoms with Gasteiger partial charge in [0.05, 0.1) is 14.2 Å². The van der Waals surface area contributed by atoms with E-state index in [4.69, 9.17) is 9.47 Å². The summed E-state index contributed by atoms with van der Waals surface area (Å²) in [5.41, 5.74) is 0.605. The smallest absolute Gasteiger partial charge is 0.319 e. The SMILES string of the molecule is COc1cc(NC(=O)NC2CC(C)(C)NC(C)(C)C2)cc(OC)c1. The molecule has 0 aromatic heterocycles. The quantitative estimate of drug-likeness (QED) is 0.790. The Hall–Kier alpha value is -1.95. The molecule has 1 heterocycles. The monoisotopic (exact) mass is 335 g/mol. The van der Waals surface area contributed by atoms with E-state index in [9.17, 15) is 4.79 Å². The fourth-order valence-electron chi connectivity index (χ4n) is 3.66. The van der Waals surface area contributed by atoms with Gasteiger partial charge in [-0.05, 0) is 40.5 Å². The Morgan fingerprint density at radius 3 is 2.00 bits per heavy atom. The lowest BCUT2D eigenvalue weighted by molar-refractivity contribution is 0.149. The molecular weight excluding hydrogens is 306 g/mol. The maximum atomic E-state index is 12.4. The van der Waals surface area contributed by atoms with Crippen molar-refractivity contribution in [2.24, 2.45) is 0 Å². The van der Waals surface area contributed by atoms with Crippen molar-refractivity contribution < 1.29 is 14.3 Å². The maximum Gasteiger partial charge on any atom is 0.319 e. The Morgan fingerprint density at radius 2 is 1.54 bits per heavy atom. The minimum atomic E-state index is -0.219. The highest BCUT2D eigenvalue weighted by atomic mass is 16.5. The number of piperidine rings is 1. The molecule has 2 rings (SSSR count). The third-order valence-electron chi connectivity index (χ3n) is 4.13. The first kappa shape index (κ1) is 18.4. The number of hydrogen-bond donors (Lipinski definition) is 3. The number of carbonyl (C=O) groups is 1. The molecule has 1 aliphatic rings. The van der Waals surface area contributed by atoms with Crippen LogP contribution in [-0.2, 0) is 0 Å². The molecule has 0 atom stereocenters. The standard InChI is InChI=1S/C18H29N3O3/c1-17(2)10-13(11-18(3,4)21-17)20-16(22)19-12-7-14(23-5)9-15(8-12)24-6/h7-9,13,21H,10-11H2,1-6H3,(H2,19,20,22). The number of hydrogen-bond acceptors (Lipinski definition) is 4. The largest absolute Gasteiger partial charge is 0.497 e. The fraction of sp³-hybridized carbons (Fsp3) is 0.611. The molecule has 1 fully saturated rings. The average Bonchev–Trinajstić information content (AvgIpc) is 2.42. The zero-order valence-corrected chi connectivity index (χ0v) is 15.4. The number of carbonyl (C=O) groups excluding carboxylic acids is 1. The van der Waals surface area contributed by atoms with Crippen LogP contribution in [0.4, 0.5) is 10.5 Å². The van der Waals surface area contributed by atoms with Gasteiger partial charge in [0.2, 0.25) is 0 Å². The topological polar surface area (TPSA) is 71.6 Å². The van der Waals surface area contributed by atoms with Gasteiger partial charge in [-0.1, -0.05) is 0 Å². The van der Waals surface area contributed by atoms with Crippen molar-refractivity contribution in [3.63, 3.8) is 0 Å². The average molecular weight is 335 g/mol. The molecule has 24 heavy (non-hydrogen) atoms. The number of nitrogens with one attached hydrogen (secondary N) is 3. The second kappa shape index (κ2) is 6.89. The van der Waals surface area contributed by atoms with Crippen LogP contribution < -0.4 is 25.4 Å². The molecule has 1 aliphatic heterocycles. The van der Waals surface area contributed by atoms with Gasteiger partial charge in [-0.3, -0.25) is 0 Å². The summed E-state index contributed by atoms with van der Waals surface area (Å²) in [5, 5.41) is 9.56. The van der Waals surface area contributed by atoms with Crippen LogP contribution in [0.5, 0.6) is 11.5 Å². The van der Waals surface area contributed by atoms with E-state index < -0.39 is 0 Å². The lowest BCUT2D eigenvalue weighted by atomic mass is 9.80. The molecule has 0 radical (unpaired) electrons. The molecule has 3 N–H and O–H groups in total. The molecule has 0 spiro atoms. The minimum absolute atomic E-state index is 0.0150. The molecular formula is C18H29N3O3. The second-order valence-corrected chi connectivity index (χ2v) is 7.70. The number of amides is 2. The molecule has 134 valence electrons. The van der Waals surface area contributed by atoms with Crippen molar-refractivity contribution in [3.8, 4) is 11.5 Å². The van der Waals surface area contributed by atoms with E-state index in [-0.39, 0.29) is 23.2 Å². The number of urea groups is 1. The molecule has 0 saturated carbocycles. The molecule has 6 heteroatoms. The van der Waals surface area contributed by atoms with Gasteiger partial charge in [0.15, 0.2) is 0 Å². The van der Waals surface area contributed by atoms with Gasteiger partial charge in [0.1, 0.15) is 11.5 Å². The summed E-state index contributed by atoms with van der Waals surface area (Å²) in [6.07, 6.45) is 1.76. The van der Waals surface area contributed by atoms with Crippen molar-refractivity contribution in [3.05, 3.63) is 18.2 Å². The summed E-state index contributed by atoms with van der Waals surface area (Å²) >= 11 is 0. The highest BCUT2D eigenvalue weighted by Gasteiger charge is 2.38. The van der Waals surface area contributed by atoms with E-state index in [0.717, 1.165) is 12.8 Å². The van der Waals surface area contributed by atoms with Crippen LogP contribution in [0.1, 0.15) is 40.5 Å². The van der Waals surface area contributed by atoms with Crippen LogP contribution in [0.25, 0.3) is 0 Å². The van der Waals surface area contributed by atoms with Crippen LogP contribution in [0.3, 0.4) is 0 Å². The first-order valence-electron chi connectivity index (χ1n) is 8.22. The van der Waals surface area contributed by atoms with Gasteiger partial charge < -0.3 is 25.4 Å². The molecule has 1 aromatic carbocycles. The van der Waals surface area contributed by atoms with E-state index in [1.165, 1.54) is 0 Å². The maximum absolute atomic E-state index is 12.4. The zero-order chi connectivity index (χ0) is 18.0. The van der Waals surface area contributed by atoms with Crippen molar-refractivity contribution in [2.45, 2.75) is 57.7 Å². The van der Waals surface area contributed by atoms with Gasteiger partial charge in [0.25, 0.3) is 0 Å². The summed E-state index contributed by atoms with van der Waals surface area (Å²) in [6.45, 7) is 8.64.